The molecule has 4 nitrogen and oxygen atoms in total. The highest BCUT2D eigenvalue weighted by atomic mass is 16.4. The Morgan fingerprint density at radius 2 is 1.46 bits per heavy atom. The Bertz CT molecular complexity index is 1000. The van der Waals surface area contributed by atoms with Gasteiger partial charge in [0.25, 0.3) is 0 Å². The minimum absolute atomic E-state index is 0.138. The normalized spacial score (nSPS) is 20.8. The van der Waals surface area contributed by atoms with E-state index >= 15 is 0 Å². The predicted octanol–water partition coefficient (Wildman–Crippen LogP) is 4.57. The molecule has 1 aliphatic carbocycles. The molecular weight excluding hydrogens is 350 g/mol. The molecule has 2 atom stereocenters. The lowest BCUT2D eigenvalue weighted by molar-refractivity contribution is -0.139. The van der Waals surface area contributed by atoms with E-state index in [4.69, 9.17) is 0 Å². The molecule has 0 saturated carbocycles. The molecule has 1 aliphatic rings. The summed E-state index contributed by atoms with van der Waals surface area (Å²) in [4.78, 5) is 25.5. The number of rotatable bonds is 4. The van der Waals surface area contributed by atoms with Gasteiger partial charge in [0.2, 0.25) is 5.91 Å². The number of hydrogen-bond acceptors (Lipinski definition) is 2. The first-order valence-corrected chi connectivity index (χ1v) is 9.37. The van der Waals surface area contributed by atoms with Crippen molar-refractivity contribution in [1.29, 1.82) is 0 Å². The number of benzene rings is 3. The zero-order valence-corrected chi connectivity index (χ0v) is 15.3. The van der Waals surface area contributed by atoms with E-state index in [1.54, 1.807) is 0 Å². The maximum absolute atomic E-state index is 13.7. The maximum atomic E-state index is 13.7. The van der Waals surface area contributed by atoms with Gasteiger partial charge in [0.05, 0.1) is 11.3 Å². The highest BCUT2D eigenvalue weighted by molar-refractivity contribution is 6.03. The number of carbonyl (C=O) groups is 2. The SMILES string of the molecule is O=C(O)C1CCC(C(=O)Nc2ccccc2)(c2ccccc2)c2ccccc21. The second-order valence-electron chi connectivity index (χ2n) is 7.11. The van der Waals surface area contributed by atoms with Gasteiger partial charge >= 0.3 is 5.97 Å². The van der Waals surface area contributed by atoms with Gasteiger partial charge in [-0.05, 0) is 41.7 Å². The number of amides is 1. The van der Waals surface area contributed by atoms with Crippen molar-refractivity contribution in [2.45, 2.75) is 24.2 Å². The third-order valence-corrected chi connectivity index (χ3v) is 5.59. The number of anilines is 1. The van der Waals surface area contributed by atoms with Crippen molar-refractivity contribution in [3.8, 4) is 0 Å². The zero-order chi connectivity index (χ0) is 19.6. The van der Waals surface area contributed by atoms with E-state index < -0.39 is 17.3 Å². The van der Waals surface area contributed by atoms with E-state index in [9.17, 15) is 14.7 Å². The zero-order valence-electron chi connectivity index (χ0n) is 15.3. The summed E-state index contributed by atoms with van der Waals surface area (Å²) in [5.41, 5.74) is 2.15. The Balaban J connectivity index is 1.89. The lowest BCUT2D eigenvalue weighted by Gasteiger charge is -2.40. The van der Waals surface area contributed by atoms with Crippen LogP contribution in [0, 0.1) is 0 Å². The molecule has 0 heterocycles. The second-order valence-corrected chi connectivity index (χ2v) is 7.11. The van der Waals surface area contributed by atoms with Gasteiger partial charge < -0.3 is 10.4 Å². The van der Waals surface area contributed by atoms with E-state index in [2.05, 4.69) is 5.32 Å². The second kappa shape index (κ2) is 7.31. The van der Waals surface area contributed by atoms with Gasteiger partial charge in [0.1, 0.15) is 0 Å². The molecule has 0 bridgehead atoms. The maximum Gasteiger partial charge on any atom is 0.310 e. The highest BCUT2D eigenvalue weighted by Gasteiger charge is 2.48. The summed E-state index contributed by atoms with van der Waals surface area (Å²) in [6.07, 6.45) is 0.840. The summed E-state index contributed by atoms with van der Waals surface area (Å²) in [5, 5.41) is 12.7. The molecule has 0 spiro atoms. The molecule has 0 aliphatic heterocycles. The van der Waals surface area contributed by atoms with Crippen molar-refractivity contribution in [3.63, 3.8) is 0 Å². The molecule has 140 valence electrons. The lowest BCUT2D eigenvalue weighted by atomic mass is 9.62. The molecule has 2 unspecified atom stereocenters. The minimum Gasteiger partial charge on any atom is -0.481 e. The third-order valence-electron chi connectivity index (χ3n) is 5.59. The Morgan fingerprint density at radius 3 is 2.14 bits per heavy atom. The summed E-state index contributed by atoms with van der Waals surface area (Å²) in [7, 11) is 0. The number of carboxylic acid groups (broad SMARTS) is 1. The van der Waals surface area contributed by atoms with Crippen molar-refractivity contribution in [1.82, 2.24) is 0 Å². The molecule has 2 N–H and O–H groups in total. The molecule has 1 amide bonds. The summed E-state index contributed by atoms with van der Waals surface area (Å²) < 4.78 is 0. The minimum atomic E-state index is -0.931. The van der Waals surface area contributed by atoms with E-state index in [0.717, 1.165) is 16.8 Å². The Kier molecular flexibility index (Phi) is 4.70. The van der Waals surface area contributed by atoms with Crippen LogP contribution in [-0.4, -0.2) is 17.0 Å². The van der Waals surface area contributed by atoms with Crippen LogP contribution in [0.2, 0.25) is 0 Å². The molecule has 4 heteroatoms. The fourth-order valence-electron chi connectivity index (χ4n) is 4.25. The van der Waals surface area contributed by atoms with Crippen molar-refractivity contribution in [3.05, 3.63) is 102 Å². The van der Waals surface area contributed by atoms with Crippen LogP contribution in [-0.2, 0) is 15.0 Å². The van der Waals surface area contributed by atoms with Crippen LogP contribution in [0.1, 0.15) is 35.4 Å². The number of aliphatic carboxylic acids is 1. The summed E-state index contributed by atoms with van der Waals surface area (Å²) in [5.74, 6) is -1.59. The molecule has 28 heavy (non-hydrogen) atoms. The van der Waals surface area contributed by atoms with Crippen molar-refractivity contribution < 1.29 is 14.7 Å². The monoisotopic (exact) mass is 371 g/mol. The first-order valence-electron chi connectivity index (χ1n) is 9.37. The average molecular weight is 371 g/mol. The average Bonchev–Trinajstić information content (AvgIpc) is 2.74. The highest BCUT2D eigenvalue weighted by Crippen LogP contribution is 2.47. The lowest BCUT2D eigenvalue weighted by Crippen LogP contribution is -2.45. The van der Waals surface area contributed by atoms with Crippen LogP contribution >= 0.6 is 0 Å². The van der Waals surface area contributed by atoms with E-state index in [-0.39, 0.29) is 5.91 Å². The predicted molar refractivity (Wildman–Crippen MR) is 108 cm³/mol. The number of carboxylic acids is 1. The van der Waals surface area contributed by atoms with Gasteiger partial charge in [-0.1, -0.05) is 72.8 Å². The topological polar surface area (TPSA) is 66.4 Å². The smallest absolute Gasteiger partial charge is 0.310 e. The largest absolute Gasteiger partial charge is 0.481 e. The van der Waals surface area contributed by atoms with Gasteiger partial charge in [-0.2, -0.15) is 0 Å². The van der Waals surface area contributed by atoms with Crippen molar-refractivity contribution >= 4 is 17.6 Å². The van der Waals surface area contributed by atoms with Crippen LogP contribution in [0.5, 0.6) is 0 Å². The molecule has 4 rings (SSSR count). The Morgan fingerprint density at radius 1 is 0.857 bits per heavy atom. The Hall–Kier alpha value is -3.40. The molecule has 0 saturated heterocycles. The molecule has 3 aromatic carbocycles. The standard InChI is InChI=1S/C24H21NO3/c26-22(27)20-15-16-24(17-9-3-1-4-10-17,21-14-8-7-13-19(20)21)23(28)25-18-11-5-2-6-12-18/h1-14,20H,15-16H2,(H,25,28)(H,26,27). The summed E-state index contributed by atoms with van der Waals surface area (Å²) in [6.45, 7) is 0. The molecule has 0 radical (unpaired) electrons. The van der Waals surface area contributed by atoms with Crippen LogP contribution in [0.3, 0.4) is 0 Å². The third kappa shape index (κ3) is 2.97. The quantitative estimate of drug-likeness (QED) is 0.706. The Labute approximate surface area is 163 Å². The van der Waals surface area contributed by atoms with E-state index in [0.29, 0.717) is 18.4 Å². The molecule has 3 aromatic rings. The fourth-order valence-corrected chi connectivity index (χ4v) is 4.25. The van der Waals surface area contributed by atoms with Gasteiger partial charge in [-0.25, -0.2) is 0 Å². The van der Waals surface area contributed by atoms with Crippen LogP contribution in [0.25, 0.3) is 0 Å². The molecular formula is C24H21NO3. The van der Waals surface area contributed by atoms with Crippen molar-refractivity contribution in [2.24, 2.45) is 0 Å². The number of nitrogens with one attached hydrogen (secondary N) is 1. The van der Waals surface area contributed by atoms with E-state index in [1.165, 1.54) is 0 Å². The fraction of sp³-hybridized carbons (Fsp3) is 0.167. The summed E-state index contributed by atoms with van der Waals surface area (Å²) >= 11 is 0. The van der Waals surface area contributed by atoms with Gasteiger partial charge in [0, 0.05) is 5.69 Å². The first-order chi connectivity index (χ1) is 13.6. The summed E-state index contributed by atoms with van der Waals surface area (Å²) in [6, 6.07) is 26.4. The number of carbonyl (C=O) groups excluding carboxylic acids is 1. The van der Waals surface area contributed by atoms with Crippen LogP contribution in [0.15, 0.2) is 84.9 Å². The van der Waals surface area contributed by atoms with Gasteiger partial charge in [-0.3, -0.25) is 9.59 Å². The van der Waals surface area contributed by atoms with Crippen LogP contribution in [0.4, 0.5) is 5.69 Å². The number of hydrogen-bond donors (Lipinski definition) is 2. The number of fused-ring (bicyclic) bond motifs is 1. The van der Waals surface area contributed by atoms with Gasteiger partial charge in [-0.15, -0.1) is 0 Å². The van der Waals surface area contributed by atoms with E-state index in [1.807, 2.05) is 84.9 Å². The van der Waals surface area contributed by atoms with Gasteiger partial charge in [0.15, 0.2) is 0 Å². The molecule has 0 fully saturated rings. The van der Waals surface area contributed by atoms with Crippen LogP contribution < -0.4 is 5.32 Å². The number of para-hydroxylation sites is 1. The molecule has 0 aromatic heterocycles. The first kappa shape index (κ1) is 18.0. The van der Waals surface area contributed by atoms with Crippen molar-refractivity contribution in [2.75, 3.05) is 5.32 Å².